The normalized spacial score (nSPS) is 17.3. The van der Waals surface area contributed by atoms with E-state index in [0.29, 0.717) is 15.6 Å². The highest BCUT2D eigenvalue weighted by Gasteiger charge is 2.24. The number of phenols is 1. The van der Waals surface area contributed by atoms with Crippen molar-refractivity contribution < 1.29 is 9.90 Å². The van der Waals surface area contributed by atoms with E-state index in [-0.39, 0.29) is 21.7 Å². The number of nitrogens with zero attached hydrogens (tertiary/aromatic N) is 1. The van der Waals surface area contributed by atoms with E-state index in [1.54, 1.807) is 18.2 Å². The van der Waals surface area contributed by atoms with Crippen LogP contribution in [0.1, 0.15) is 18.1 Å². The van der Waals surface area contributed by atoms with Gasteiger partial charge in [-0.15, -0.1) is 0 Å². The lowest BCUT2D eigenvalue weighted by atomic mass is 10.2. The number of thioether (sulfide) groups is 1. The van der Waals surface area contributed by atoms with E-state index < -0.39 is 0 Å². The molecule has 0 atom stereocenters. The van der Waals surface area contributed by atoms with E-state index in [9.17, 15) is 9.90 Å². The lowest BCUT2D eigenvalue weighted by Gasteiger charge is -2.02. The lowest BCUT2D eigenvalue weighted by Crippen LogP contribution is -2.19. The first-order valence-electron chi connectivity index (χ1n) is 7.53. The summed E-state index contributed by atoms with van der Waals surface area (Å²) in [5.74, 6) is -0.416. The summed E-state index contributed by atoms with van der Waals surface area (Å²) in [5.41, 5.74) is 2.63. The summed E-state index contributed by atoms with van der Waals surface area (Å²) in [6.45, 7) is 2.09. The van der Waals surface area contributed by atoms with E-state index in [0.717, 1.165) is 12.1 Å². The third-order valence-electron chi connectivity index (χ3n) is 3.56. The smallest absolute Gasteiger partial charge is 0.264 e. The van der Waals surface area contributed by atoms with Crippen molar-refractivity contribution in [3.8, 4) is 5.75 Å². The van der Waals surface area contributed by atoms with Crippen molar-refractivity contribution in [2.75, 3.05) is 0 Å². The zero-order chi connectivity index (χ0) is 18.0. The number of aliphatic imine (C=N–C) groups is 1. The van der Waals surface area contributed by atoms with Gasteiger partial charge in [0.1, 0.15) is 0 Å². The van der Waals surface area contributed by atoms with E-state index in [4.69, 9.17) is 23.2 Å². The molecule has 0 unspecified atom stereocenters. The molecule has 2 N–H and O–H groups in total. The summed E-state index contributed by atoms with van der Waals surface area (Å²) in [6.07, 6.45) is 2.62. The second-order valence-electron chi connectivity index (χ2n) is 5.33. The van der Waals surface area contributed by atoms with Crippen LogP contribution in [0.3, 0.4) is 0 Å². The summed E-state index contributed by atoms with van der Waals surface area (Å²) in [4.78, 5) is 17.0. The maximum absolute atomic E-state index is 12.1. The number of hydrogen-bond acceptors (Lipinski definition) is 4. The Morgan fingerprint density at radius 3 is 2.44 bits per heavy atom. The summed E-state index contributed by atoms with van der Waals surface area (Å²) in [6, 6.07) is 10.9. The fourth-order valence-electron chi connectivity index (χ4n) is 2.22. The van der Waals surface area contributed by atoms with E-state index in [1.807, 2.05) is 24.3 Å². The van der Waals surface area contributed by atoms with Crippen LogP contribution in [0.25, 0.3) is 6.08 Å². The molecular weight excluding hydrogens is 379 g/mol. The Labute approximate surface area is 159 Å². The van der Waals surface area contributed by atoms with Gasteiger partial charge in [-0.3, -0.25) is 4.79 Å². The highest BCUT2D eigenvalue weighted by atomic mass is 35.5. The van der Waals surface area contributed by atoms with Gasteiger partial charge in [-0.05, 0) is 59.7 Å². The lowest BCUT2D eigenvalue weighted by molar-refractivity contribution is -0.115. The number of benzene rings is 2. The van der Waals surface area contributed by atoms with E-state index >= 15 is 0 Å². The molecule has 3 rings (SSSR count). The zero-order valence-corrected chi connectivity index (χ0v) is 15.5. The average molecular weight is 393 g/mol. The summed E-state index contributed by atoms with van der Waals surface area (Å²) in [7, 11) is 0. The molecule has 0 saturated carbocycles. The Morgan fingerprint density at radius 1 is 1.20 bits per heavy atom. The molecular formula is C18H14Cl2N2O2S. The molecule has 0 aromatic heterocycles. The Hall–Kier alpha value is -1.95. The number of carbonyl (C=O) groups is 1. The number of phenolic OH excluding ortho intramolecular Hbond substituents is 1. The maximum Gasteiger partial charge on any atom is 0.264 e. The van der Waals surface area contributed by atoms with Gasteiger partial charge in [0, 0.05) is 0 Å². The molecule has 2 aromatic rings. The van der Waals surface area contributed by atoms with Crippen LogP contribution in [0.5, 0.6) is 5.75 Å². The first-order valence-corrected chi connectivity index (χ1v) is 9.10. The minimum absolute atomic E-state index is 0.132. The van der Waals surface area contributed by atoms with Crippen molar-refractivity contribution in [3.05, 3.63) is 62.5 Å². The minimum Gasteiger partial charge on any atom is -0.505 e. The molecule has 1 amide bonds. The van der Waals surface area contributed by atoms with Crippen molar-refractivity contribution in [1.29, 1.82) is 0 Å². The zero-order valence-electron chi connectivity index (χ0n) is 13.2. The van der Waals surface area contributed by atoms with Crippen molar-refractivity contribution in [3.63, 3.8) is 0 Å². The molecule has 0 radical (unpaired) electrons. The molecule has 1 fully saturated rings. The van der Waals surface area contributed by atoms with E-state index in [2.05, 4.69) is 17.2 Å². The van der Waals surface area contributed by atoms with Crippen LogP contribution in [0.2, 0.25) is 10.0 Å². The fraction of sp³-hybridized carbons (Fsp3) is 0.111. The van der Waals surface area contributed by atoms with Crippen LogP contribution in [-0.2, 0) is 11.2 Å². The van der Waals surface area contributed by atoms with Crippen LogP contribution >= 0.6 is 35.0 Å². The predicted molar refractivity (Wildman–Crippen MR) is 105 cm³/mol. The number of aromatic hydroxyl groups is 1. The quantitative estimate of drug-likeness (QED) is 0.709. The summed E-state index contributed by atoms with van der Waals surface area (Å²) >= 11 is 13.0. The molecule has 4 nitrogen and oxygen atoms in total. The summed E-state index contributed by atoms with van der Waals surface area (Å²) in [5, 5.41) is 13.1. The number of nitrogens with one attached hydrogen (secondary N) is 1. The molecule has 1 saturated heterocycles. The van der Waals surface area contributed by atoms with Gasteiger partial charge in [0.25, 0.3) is 5.91 Å². The minimum atomic E-state index is -0.241. The van der Waals surface area contributed by atoms with Gasteiger partial charge in [-0.1, -0.05) is 42.3 Å². The Kier molecular flexibility index (Phi) is 5.37. The second-order valence-corrected chi connectivity index (χ2v) is 7.18. The fourth-order valence-corrected chi connectivity index (χ4v) is 3.57. The number of amides is 1. The molecule has 2 aromatic carbocycles. The van der Waals surface area contributed by atoms with E-state index in [1.165, 1.54) is 17.3 Å². The topological polar surface area (TPSA) is 61.7 Å². The molecule has 0 spiro atoms. The van der Waals surface area contributed by atoms with Crippen LogP contribution < -0.4 is 5.32 Å². The average Bonchev–Trinajstić information content (AvgIpc) is 2.92. The van der Waals surface area contributed by atoms with Crippen molar-refractivity contribution in [2.45, 2.75) is 13.3 Å². The molecule has 0 bridgehead atoms. The van der Waals surface area contributed by atoms with Crippen molar-refractivity contribution in [1.82, 2.24) is 5.32 Å². The largest absolute Gasteiger partial charge is 0.505 e. The van der Waals surface area contributed by atoms with Gasteiger partial charge in [0.15, 0.2) is 10.9 Å². The standard InChI is InChI=1S/C18H14Cl2N2O2S/c1-2-10-3-5-12(6-4-10)21-18-22-17(24)15(25-18)9-11-7-13(19)16(23)14(20)8-11/h3-9,23H,2H2,1H3,(H,21,22,24). The number of carbonyl (C=O) groups excluding carboxylic acids is 1. The Balaban J connectivity index is 1.83. The number of rotatable bonds is 3. The van der Waals surface area contributed by atoms with Crippen LogP contribution in [-0.4, -0.2) is 16.2 Å². The molecule has 1 heterocycles. The molecule has 1 aliphatic heterocycles. The molecule has 7 heteroatoms. The Morgan fingerprint density at radius 2 is 1.84 bits per heavy atom. The highest BCUT2D eigenvalue weighted by molar-refractivity contribution is 8.18. The first kappa shape index (κ1) is 17.9. The van der Waals surface area contributed by atoms with Gasteiger partial charge >= 0.3 is 0 Å². The van der Waals surface area contributed by atoms with Crippen LogP contribution in [0, 0.1) is 0 Å². The molecule has 128 valence electrons. The molecule has 0 aliphatic carbocycles. The monoisotopic (exact) mass is 392 g/mol. The number of aryl methyl sites for hydroxylation is 1. The summed E-state index contributed by atoms with van der Waals surface area (Å²) < 4.78 is 0. The third-order valence-corrected chi connectivity index (χ3v) is 5.05. The van der Waals surface area contributed by atoms with Gasteiger partial charge < -0.3 is 10.4 Å². The predicted octanol–water partition coefficient (Wildman–Crippen LogP) is 5.15. The van der Waals surface area contributed by atoms with Crippen molar-refractivity contribution >= 4 is 57.8 Å². The number of amidine groups is 1. The third kappa shape index (κ3) is 4.18. The van der Waals surface area contributed by atoms with Gasteiger partial charge in [-0.2, -0.15) is 0 Å². The molecule has 1 aliphatic rings. The maximum atomic E-state index is 12.1. The van der Waals surface area contributed by atoms with Crippen LogP contribution in [0.4, 0.5) is 5.69 Å². The van der Waals surface area contributed by atoms with Gasteiger partial charge in [0.2, 0.25) is 0 Å². The number of halogens is 2. The first-order chi connectivity index (χ1) is 12.0. The highest BCUT2D eigenvalue weighted by Crippen LogP contribution is 2.35. The van der Waals surface area contributed by atoms with Gasteiger partial charge in [-0.25, -0.2) is 4.99 Å². The Bertz CT molecular complexity index is 869. The van der Waals surface area contributed by atoms with Crippen molar-refractivity contribution in [2.24, 2.45) is 4.99 Å². The van der Waals surface area contributed by atoms with Crippen LogP contribution in [0.15, 0.2) is 46.3 Å². The molecule has 25 heavy (non-hydrogen) atoms. The SMILES string of the molecule is CCc1ccc(N=C2NC(=O)C(=Cc3cc(Cl)c(O)c(Cl)c3)S2)cc1. The van der Waals surface area contributed by atoms with Gasteiger partial charge in [0.05, 0.1) is 20.6 Å². The number of hydrogen-bond donors (Lipinski definition) is 2. The second kappa shape index (κ2) is 7.52.